The molecule has 2 saturated heterocycles. The fraction of sp³-hybridized carbons (Fsp3) is 0.692. The van der Waals surface area contributed by atoms with Crippen molar-refractivity contribution in [1.82, 2.24) is 23.3 Å². The third kappa shape index (κ3) is 3.39. The molecule has 2 aliphatic rings. The Balaban J connectivity index is 1.60. The highest BCUT2D eigenvalue weighted by Gasteiger charge is 2.34. The molecule has 1 aromatic heterocycles. The summed E-state index contributed by atoms with van der Waals surface area (Å²) in [5.74, 6) is -0.110. The van der Waals surface area contributed by atoms with Crippen LogP contribution >= 0.6 is 0 Å². The lowest BCUT2D eigenvalue weighted by molar-refractivity contribution is 0.0636. The van der Waals surface area contributed by atoms with Gasteiger partial charge < -0.3 is 9.64 Å². The molecular formula is C13H21N5O4S. The number of amides is 1. The van der Waals surface area contributed by atoms with Gasteiger partial charge in [-0.15, -0.1) is 0 Å². The number of hydrogen-bond donors (Lipinski definition) is 0. The van der Waals surface area contributed by atoms with Crippen LogP contribution in [0.25, 0.3) is 0 Å². The van der Waals surface area contributed by atoms with E-state index >= 15 is 0 Å². The van der Waals surface area contributed by atoms with Gasteiger partial charge in [0.2, 0.25) is 0 Å². The first kappa shape index (κ1) is 16.4. The van der Waals surface area contributed by atoms with E-state index in [1.54, 1.807) is 22.8 Å². The average Bonchev–Trinajstić information content (AvgIpc) is 3.01. The first-order valence-corrected chi connectivity index (χ1v) is 8.99. The number of ether oxygens (including phenoxy) is 1. The third-order valence-corrected chi connectivity index (χ3v) is 6.14. The Labute approximate surface area is 135 Å². The van der Waals surface area contributed by atoms with E-state index in [4.69, 9.17) is 4.74 Å². The lowest BCUT2D eigenvalue weighted by Gasteiger charge is -2.37. The van der Waals surface area contributed by atoms with Crippen molar-refractivity contribution < 1.29 is 17.9 Å². The molecule has 0 unspecified atom stereocenters. The van der Waals surface area contributed by atoms with Crippen LogP contribution in [0.1, 0.15) is 10.4 Å². The largest absolute Gasteiger partial charge is 0.379 e. The first-order valence-electron chi connectivity index (χ1n) is 7.59. The monoisotopic (exact) mass is 343 g/mol. The zero-order valence-corrected chi connectivity index (χ0v) is 13.9. The molecule has 0 saturated carbocycles. The summed E-state index contributed by atoms with van der Waals surface area (Å²) in [6, 6.07) is 0. The van der Waals surface area contributed by atoms with E-state index in [0.717, 1.165) is 0 Å². The average molecular weight is 343 g/mol. The molecule has 2 fully saturated rings. The van der Waals surface area contributed by atoms with Gasteiger partial charge in [0.15, 0.2) is 0 Å². The van der Waals surface area contributed by atoms with Gasteiger partial charge in [-0.3, -0.25) is 9.48 Å². The lowest BCUT2D eigenvalue weighted by Crippen LogP contribution is -2.55. The van der Waals surface area contributed by atoms with Crippen LogP contribution in [0.4, 0.5) is 0 Å². The second-order valence-corrected chi connectivity index (χ2v) is 7.54. The molecule has 128 valence electrons. The van der Waals surface area contributed by atoms with E-state index in [1.807, 2.05) is 0 Å². The molecule has 1 amide bonds. The number of morpholine rings is 1. The highest BCUT2D eigenvalue weighted by Crippen LogP contribution is 2.15. The Hall–Kier alpha value is -1.49. The van der Waals surface area contributed by atoms with Gasteiger partial charge in [0.25, 0.3) is 16.1 Å². The first-order chi connectivity index (χ1) is 11.0. The number of piperazine rings is 1. The predicted octanol–water partition coefficient (Wildman–Crippen LogP) is -1.25. The van der Waals surface area contributed by atoms with E-state index in [9.17, 15) is 13.2 Å². The van der Waals surface area contributed by atoms with Gasteiger partial charge in [0.05, 0.1) is 25.0 Å². The van der Waals surface area contributed by atoms with Crippen LogP contribution in [0.3, 0.4) is 0 Å². The summed E-state index contributed by atoms with van der Waals surface area (Å²) in [5.41, 5.74) is 0.525. The third-order valence-electron chi connectivity index (χ3n) is 4.10. The topological polar surface area (TPSA) is 88.0 Å². The summed E-state index contributed by atoms with van der Waals surface area (Å²) >= 11 is 0. The Bertz CT molecular complexity index is 660. The summed E-state index contributed by atoms with van der Waals surface area (Å²) in [6.07, 6.45) is 3.19. The zero-order chi connectivity index (χ0) is 16.4. The number of hydrogen-bond acceptors (Lipinski definition) is 5. The maximum atomic E-state index is 12.6. The molecule has 0 bridgehead atoms. The highest BCUT2D eigenvalue weighted by molar-refractivity contribution is 7.86. The Morgan fingerprint density at radius 1 is 1.09 bits per heavy atom. The number of carbonyl (C=O) groups excluding carboxylic acids is 1. The molecule has 0 atom stereocenters. The van der Waals surface area contributed by atoms with E-state index in [1.165, 1.54) is 14.8 Å². The second kappa shape index (κ2) is 6.56. The van der Waals surface area contributed by atoms with Crippen molar-refractivity contribution in [2.45, 2.75) is 0 Å². The van der Waals surface area contributed by atoms with Crippen molar-refractivity contribution >= 4 is 16.1 Å². The van der Waals surface area contributed by atoms with Crippen molar-refractivity contribution in [3.63, 3.8) is 0 Å². The Morgan fingerprint density at radius 3 is 2.26 bits per heavy atom. The standard InChI is InChI=1S/C13H21N5O4S/c1-15-11-12(10-14-15)13(19)16-2-4-17(5-3-16)23(20,21)18-6-8-22-9-7-18/h10-11H,2-9H2,1H3. The number of rotatable bonds is 3. The van der Waals surface area contributed by atoms with Gasteiger partial charge in [-0.1, -0.05) is 0 Å². The van der Waals surface area contributed by atoms with Crippen LogP contribution in [-0.2, 0) is 22.0 Å². The van der Waals surface area contributed by atoms with Gasteiger partial charge in [-0.25, -0.2) is 0 Å². The maximum absolute atomic E-state index is 12.6. The van der Waals surface area contributed by atoms with Crippen molar-refractivity contribution in [3.8, 4) is 0 Å². The van der Waals surface area contributed by atoms with Crippen molar-refractivity contribution in [2.24, 2.45) is 7.05 Å². The van der Waals surface area contributed by atoms with Gasteiger partial charge in [0, 0.05) is 52.5 Å². The van der Waals surface area contributed by atoms with Gasteiger partial charge >= 0.3 is 0 Å². The highest BCUT2D eigenvalue weighted by atomic mass is 32.2. The molecule has 0 spiro atoms. The van der Waals surface area contributed by atoms with Crippen LogP contribution in [0.15, 0.2) is 12.4 Å². The summed E-state index contributed by atoms with van der Waals surface area (Å²) < 4.78 is 34.8. The van der Waals surface area contributed by atoms with E-state index in [0.29, 0.717) is 58.0 Å². The van der Waals surface area contributed by atoms with Crippen molar-refractivity contribution in [1.29, 1.82) is 0 Å². The minimum atomic E-state index is -3.46. The molecule has 3 heterocycles. The molecule has 23 heavy (non-hydrogen) atoms. The molecule has 1 aromatic rings. The SMILES string of the molecule is Cn1cc(C(=O)N2CCN(S(=O)(=O)N3CCOCC3)CC2)cn1. The maximum Gasteiger partial charge on any atom is 0.282 e. The number of carbonyl (C=O) groups is 1. The molecule has 2 aliphatic heterocycles. The van der Waals surface area contributed by atoms with Gasteiger partial charge in [-0.2, -0.15) is 22.1 Å². The fourth-order valence-corrected chi connectivity index (χ4v) is 4.34. The smallest absolute Gasteiger partial charge is 0.282 e. The van der Waals surface area contributed by atoms with Crippen molar-refractivity contribution in [3.05, 3.63) is 18.0 Å². The number of nitrogens with zero attached hydrogens (tertiary/aromatic N) is 5. The quantitative estimate of drug-likeness (QED) is 0.685. The fourth-order valence-electron chi connectivity index (χ4n) is 2.78. The van der Waals surface area contributed by atoms with Crippen LogP contribution in [0.2, 0.25) is 0 Å². The van der Waals surface area contributed by atoms with E-state index in [2.05, 4.69) is 5.10 Å². The van der Waals surface area contributed by atoms with Crippen LogP contribution in [0, 0.1) is 0 Å². The molecular weight excluding hydrogens is 322 g/mol. The van der Waals surface area contributed by atoms with Gasteiger partial charge in [0.1, 0.15) is 0 Å². The molecule has 3 rings (SSSR count). The molecule has 0 aliphatic carbocycles. The lowest BCUT2D eigenvalue weighted by atomic mass is 10.2. The number of aryl methyl sites for hydroxylation is 1. The van der Waals surface area contributed by atoms with Crippen LogP contribution < -0.4 is 0 Å². The van der Waals surface area contributed by atoms with Crippen LogP contribution in [0.5, 0.6) is 0 Å². The number of aromatic nitrogens is 2. The summed E-state index contributed by atoms with van der Waals surface area (Å²) in [5, 5.41) is 3.99. The normalized spacial score (nSPS) is 21.5. The minimum absolute atomic E-state index is 0.110. The van der Waals surface area contributed by atoms with Crippen molar-refractivity contribution in [2.75, 3.05) is 52.5 Å². The minimum Gasteiger partial charge on any atom is -0.379 e. The van der Waals surface area contributed by atoms with Crippen LogP contribution in [-0.4, -0.2) is 90.1 Å². The summed E-state index contributed by atoms with van der Waals surface area (Å²) in [6.45, 7) is 3.03. The Kier molecular flexibility index (Phi) is 4.67. The molecule has 10 heteroatoms. The second-order valence-electron chi connectivity index (χ2n) is 5.61. The molecule has 9 nitrogen and oxygen atoms in total. The van der Waals surface area contributed by atoms with Gasteiger partial charge in [-0.05, 0) is 0 Å². The molecule has 0 N–H and O–H groups in total. The summed E-state index contributed by atoms with van der Waals surface area (Å²) in [7, 11) is -1.71. The van der Waals surface area contributed by atoms with E-state index < -0.39 is 10.2 Å². The molecule has 0 aromatic carbocycles. The predicted molar refractivity (Wildman–Crippen MR) is 82.0 cm³/mol. The summed E-state index contributed by atoms with van der Waals surface area (Å²) in [4.78, 5) is 14.0. The Morgan fingerprint density at radius 2 is 1.70 bits per heavy atom. The molecule has 0 radical (unpaired) electrons. The zero-order valence-electron chi connectivity index (χ0n) is 13.1. The van der Waals surface area contributed by atoms with E-state index in [-0.39, 0.29) is 5.91 Å².